The maximum Gasteiger partial charge on any atom is 0.337 e. The molecule has 0 amide bonds. The van der Waals surface area contributed by atoms with E-state index in [9.17, 15) is 14.7 Å². The Hall–Kier alpha value is -6.83. The number of phenolic OH excluding ortho intramolecular Hbond substituents is 1. The van der Waals surface area contributed by atoms with Crippen molar-refractivity contribution in [2.24, 2.45) is 0 Å². The lowest BCUT2D eigenvalue weighted by molar-refractivity contribution is 0.0512. The molecule has 4 aromatic carbocycles. The number of hydrogen-bond acceptors (Lipinski definition) is 11. The molecule has 0 unspecified atom stereocenters. The predicted molar refractivity (Wildman–Crippen MR) is 257 cm³/mol. The average Bonchev–Trinajstić information content (AvgIpc) is 3.95. The molecule has 0 bridgehead atoms. The fourth-order valence-electron chi connectivity index (χ4n) is 9.62. The van der Waals surface area contributed by atoms with Gasteiger partial charge in [0, 0.05) is 65.5 Å². The predicted octanol–water partition coefficient (Wildman–Crippen LogP) is 12.0. The number of nitrogens with zero attached hydrogens (tertiary/aromatic N) is 1. The third-order valence-electron chi connectivity index (χ3n) is 12.8. The number of aromatic amines is 2. The molecule has 13 heteroatoms. The van der Waals surface area contributed by atoms with Crippen LogP contribution in [0, 0.1) is 0 Å². The zero-order valence-corrected chi connectivity index (χ0v) is 38.7. The van der Waals surface area contributed by atoms with Crippen LogP contribution in [0.4, 0.5) is 0 Å². The number of rotatable bonds is 15. The molecule has 7 aromatic rings. The van der Waals surface area contributed by atoms with Gasteiger partial charge in [-0.3, -0.25) is 4.98 Å². The molecule has 67 heavy (non-hydrogen) atoms. The van der Waals surface area contributed by atoms with Gasteiger partial charge in [0.05, 0.1) is 42.4 Å². The van der Waals surface area contributed by atoms with Gasteiger partial charge in [0.25, 0.3) is 0 Å². The summed E-state index contributed by atoms with van der Waals surface area (Å²) in [7, 11) is 5.95. The Morgan fingerprint density at radius 1 is 0.597 bits per heavy atom. The third-order valence-corrected chi connectivity index (χ3v) is 12.8. The number of methoxy groups -OCH3 is 4. The Bertz CT molecular complexity index is 2790. The van der Waals surface area contributed by atoms with Gasteiger partial charge in [-0.05, 0) is 109 Å². The molecule has 3 aromatic heterocycles. The summed E-state index contributed by atoms with van der Waals surface area (Å²) in [5, 5.41) is 12.2. The molecule has 3 heterocycles. The first-order valence-corrected chi connectivity index (χ1v) is 23.0. The molecular formula is C54H59N3O10. The van der Waals surface area contributed by atoms with Crippen molar-refractivity contribution in [1.82, 2.24) is 15.0 Å². The number of fused-ring (bicyclic) bond motifs is 2. The Morgan fingerprint density at radius 2 is 1.12 bits per heavy atom. The van der Waals surface area contributed by atoms with Crippen LogP contribution in [0.15, 0.2) is 97.2 Å². The van der Waals surface area contributed by atoms with Gasteiger partial charge in [0.2, 0.25) is 0 Å². The van der Waals surface area contributed by atoms with Crippen molar-refractivity contribution < 1.29 is 47.9 Å². The van der Waals surface area contributed by atoms with Crippen molar-refractivity contribution >= 4 is 33.7 Å². The largest absolute Gasteiger partial charge is 0.508 e. The van der Waals surface area contributed by atoms with Crippen LogP contribution in [0.2, 0.25) is 0 Å². The lowest BCUT2D eigenvalue weighted by Gasteiger charge is -2.23. The molecule has 0 radical (unpaired) electrons. The highest BCUT2D eigenvalue weighted by atomic mass is 16.7. The molecule has 0 atom stereocenters. The molecule has 2 aliphatic rings. The number of ether oxygens (including phenoxy) is 7. The van der Waals surface area contributed by atoms with Gasteiger partial charge >= 0.3 is 11.9 Å². The van der Waals surface area contributed by atoms with E-state index in [4.69, 9.17) is 33.2 Å². The fourth-order valence-corrected chi connectivity index (χ4v) is 9.62. The number of aromatic hydroxyl groups is 1. The second-order valence-electron chi connectivity index (χ2n) is 17.1. The van der Waals surface area contributed by atoms with Crippen molar-refractivity contribution in [3.63, 3.8) is 0 Å². The number of aromatic nitrogens is 3. The van der Waals surface area contributed by atoms with Crippen molar-refractivity contribution in [2.45, 2.75) is 82.7 Å². The van der Waals surface area contributed by atoms with E-state index < -0.39 is 0 Å². The first kappa shape index (κ1) is 46.7. The van der Waals surface area contributed by atoms with E-state index in [0.717, 1.165) is 75.7 Å². The molecule has 0 saturated heterocycles. The van der Waals surface area contributed by atoms with E-state index in [0.29, 0.717) is 46.8 Å². The van der Waals surface area contributed by atoms with Gasteiger partial charge in [-0.2, -0.15) is 0 Å². The topological polar surface area (TPSA) is 163 Å². The molecule has 2 fully saturated rings. The Kier molecular flexibility index (Phi) is 15.4. The van der Waals surface area contributed by atoms with Gasteiger partial charge in [-0.25, -0.2) is 9.59 Å². The van der Waals surface area contributed by atoms with Crippen LogP contribution in [0.1, 0.15) is 114 Å². The quantitative estimate of drug-likeness (QED) is 0.0662. The molecule has 2 aliphatic carbocycles. The summed E-state index contributed by atoms with van der Waals surface area (Å²) in [5.41, 5.74) is 9.95. The summed E-state index contributed by atoms with van der Waals surface area (Å²) in [6.45, 7) is 0.560. The second kappa shape index (κ2) is 22.1. The molecule has 0 aliphatic heterocycles. The third kappa shape index (κ3) is 10.7. The summed E-state index contributed by atoms with van der Waals surface area (Å²) in [4.78, 5) is 35.7. The van der Waals surface area contributed by atoms with E-state index in [2.05, 4.69) is 15.0 Å². The summed E-state index contributed by atoms with van der Waals surface area (Å²) in [6.07, 6.45) is 13.7. The van der Waals surface area contributed by atoms with Gasteiger partial charge in [-0.1, -0.05) is 56.7 Å². The minimum Gasteiger partial charge on any atom is -0.508 e. The van der Waals surface area contributed by atoms with E-state index in [1.54, 1.807) is 32.5 Å². The van der Waals surface area contributed by atoms with Crippen molar-refractivity contribution in [3.05, 3.63) is 125 Å². The lowest BCUT2D eigenvalue weighted by atomic mass is 9.81. The van der Waals surface area contributed by atoms with E-state index in [-0.39, 0.29) is 31.3 Å². The van der Waals surface area contributed by atoms with Crippen LogP contribution in [-0.4, -0.2) is 74.0 Å². The number of pyridine rings is 1. The Balaban J connectivity index is 0.000000186. The minimum absolute atomic E-state index is 0.0853. The average molecular weight is 910 g/mol. The highest BCUT2D eigenvalue weighted by Crippen LogP contribution is 2.47. The van der Waals surface area contributed by atoms with Crippen LogP contribution in [0.25, 0.3) is 44.3 Å². The van der Waals surface area contributed by atoms with Crippen molar-refractivity contribution in [3.8, 4) is 45.5 Å². The fraction of sp³-hybridized carbons (Fsp3) is 0.352. The molecule has 13 nitrogen and oxygen atoms in total. The zero-order chi connectivity index (χ0) is 46.7. The van der Waals surface area contributed by atoms with Crippen LogP contribution < -0.4 is 14.2 Å². The highest BCUT2D eigenvalue weighted by molar-refractivity contribution is 6.00. The van der Waals surface area contributed by atoms with Gasteiger partial charge in [-0.15, -0.1) is 0 Å². The van der Waals surface area contributed by atoms with Crippen molar-refractivity contribution in [2.75, 3.05) is 42.0 Å². The molecule has 0 spiro atoms. The monoisotopic (exact) mass is 909 g/mol. The van der Waals surface area contributed by atoms with E-state index in [1.807, 2.05) is 78.9 Å². The maximum atomic E-state index is 12.2. The smallest absolute Gasteiger partial charge is 0.337 e. The van der Waals surface area contributed by atoms with Crippen LogP contribution in [0.3, 0.4) is 0 Å². The number of H-pyrrole nitrogens is 2. The molecule has 350 valence electrons. The highest BCUT2D eigenvalue weighted by Gasteiger charge is 2.28. The molecule has 2 saturated carbocycles. The lowest BCUT2D eigenvalue weighted by Crippen LogP contribution is -2.06. The number of carbonyl (C=O) groups is 2. The van der Waals surface area contributed by atoms with E-state index >= 15 is 0 Å². The number of hydrogen-bond donors (Lipinski definition) is 3. The SMILES string of the molecule is COCOc1cc(O)ccc1-c1[nH]c2cc(C(=O)OC)ccc2c1C1CCCCC1.COCOc1cc(OCc2ccccn2)ccc1-c1[nH]c2cc(C(=O)OC)ccc2c1C1CCCCC1. The first-order valence-electron chi connectivity index (χ1n) is 23.0. The van der Waals surface area contributed by atoms with Gasteiger partial charge in [0.1, 0.15) is 29.6 Å². The van der Waals surface area contributed by atoms with Gasteiger partial charge in [0.15, 0.2) is 13.6 Å². The van der Waals surface area contributed by atoms with Gasteiger partial charge < -0.3 is 48.2 Å². The number of benzene rings is 4. The number of phenols is 1. The minimum atomic E-state index is -0.360. The summed E-state index contributed by atoms with van der Waals surface area (Å²) in [6, 6.07) is 28.2. The summed E-state index contributed by atoms with van der Waals surface area (Å²) >= 11 is 0. The number of esters is 2. The first-order chi connectivity index (χ1) is 32.8. The van der Waals surface area contributed by atoms with Crippen LogP contribution >= 0.6 is 0 Å². The van der Waals surface area contributed by atoms with Crippen LogP contribution in [0.5, 0.6) is 23.0 Å². The summed E-state index contributed by atoms with van der Waals surface area (Å²) < 4.78 is 38.0. The number of carbonyl (C=O) groups excluding carboxylic acids is 2. The standard InChI is InChI=1S/C30H32N2O5.C24H27NO5/c1-34-19-37-27-17-23(36-18-22-10-6-7-15-31-22)12-14-25(27)29-28(20-8-4-3-5-9-20)24-13-11-21(30(33)35-2)16-26(24)32-29;1-28-14-30-21-13-17(26)9-11-19(21)23-22(15-6-4-3-5-7-15)18-10-8-16(24(27)29-2)12-20(18)25-23/h6-7,10-17,20,32H,3-5,8-9,18-19H2,1-2H3;8-13,15,25-26H,3-7,14H2,1-2H3. The summed E-state index contributed by atoms with van der Waals surface area (Å²) in [5.74, 6) is 2.17. The molecule has 9 rings (SSSR count). The van der Waals surface area contributed by atoms with Crippen molar-refractivity contribution in [1.29, 1.82) is 0 Å². The van der Waals surface area contributed by atoms with E-state index in [1.165, 1.54) is 63.9 Å². The van der Waals surface area contributed by atoms with Crippen LogP contribution in [-0.2, 0) is 25.6 Å². The number of nitrogens with one attached hydrogen (secondary N) is 2. The zero-order valence-electron chi connectivity index (χ0n) is 38.7. The normalized spacial score (nSPS) is 14.3. The molecule has 3 N–H and O–H groups in total. The molecular weight excluding hydrogens is 851 g/mol. The second-order valence-corrected chi connectivity index (χ2v) is 17.1. The maximum absolute atomic E-state index is 12.2. The Labute approximate surface area is 390 Å². The Morgan fingerprint density at radius 3 is 1.61 bits per heavy atom.